The highest BCUT2D eigenvalue weighted by molar-refractivity contribution is 5.50. The molecule has 3 heteroatoms. The largest absolute Gasteiger partial charge is 0.508 e. The molecule has 0 bridgehead atoms. The second-order valence-corrected chi connectivity index (χ2v) is 3.65. The van der Waals surface area contributed by atoms with Crippen LogP contribution < -0.4 is 5.73 Å². The van der Waals surface area contributed by atoms with Gasteiger partial charge in [0.05, 0.1) is 0 Å². The summed E-state index contributed by atoms with van der Waals surface area (Å²) < 4.78 is 12.8. The van der Waals surface area contributed by atoms with Crippen molar-refractivity contribution in [3.63, 3.8) is 0 Å². The van der Waals surface area contributed by atoms with Crippen molar-refractivity contribution in [3.05, 3.63) is 59.4 Å². The fourth-order valence-corrected chi connectivity index (χ4v) is 1.59. The number of halogens is 1. The van der Waals surface area contributed by atoms with Gasteiger partial charge in [-0.2, -0.15) is 0 Å². The Bertz CT molecular complexity index is 511. The molecule has 0 aliphatic rings. The molecule has 0 amide bonds. The standard InChI is InChI=1S/C13H12FNO/c14-11-6-5-9(12(15)8-11)7-10-3-1-2-4-13(10)16/h1-6,8,16H,7,15H2. The SMILES string of the molecule is Nc1cc(F)ccc1Cc1ccccc1O. The van der Waals surface area contributed by atoms with Crippen LogP contribution in [0.5, 0.6) is 5.75 Å². The van der Waals surface area contributed by atoms with Crippen molar-refractivity contribution < 1.29 is 9.50 Å². The van der Waals surface area contributed by atoms with Crippen LogP contribution >= 0.6 is 0 Å². The van der Waals surface area contributed by atoms with Crippen LogP contribution in [-0.4, -0.2) is 5.11 Å². The molecule has 0 aliphatic heterocycles. The fourth-order valence-electron chi connectivity index (χ4n) is 1.59. The molecule has 0 radical (unpaired) electrons. The van der Waals surface area contributed by atoms with E-state index < -0.39 is 0 Å². The maximum atomic E-state index is 12.8. The Kier molecular flexibility index (Phi) is 2.77. The van der Waals surface area contributed by atoms with Gasteiger partial charge in [0.25, 0.3) is 0 Å². The maximum Gasteiger partial charge on any atom is 0.125 e. The summed E-state index contributed by atoms with van der Waals surface area (Å²) in [4.78, 5) is 0. The van der Waals surface area contributed by atoms with E-state index in [0.717, 1.165) is 11.1 Å². The smallest absolute Gasteiger partial charge is 0.125 e. The summed E-state index contributed by atoms with van der Waals surface area (Å²) in [6.45, 7) is 0. The zero-order chi connectivity index (χ0) is 11.5. The molecule has 0 heterocycles. The molecule has 2 rings (SSSR count). The topological polar surface area (TPSA) is 46.2 Å². The molecule has 0 aromatic heterocycles. The molecule has 16 heavy (non-hydrogen) atoms. The summed E-state index contributed by atoms with van der Waals surface area (Å²) in [5.74, 6) is -0.121. The number of para-hydroxylation sites is 1. The van der Waals surface area contributed by atoms with Crippen LogP contribution in [0, 0.1) is 5.82 Å². The van der Waals surface area contributed by atoms with Crippen molar-refractivity contribution in [1.29, 1.82) is 0 Å². The van der Waals surface area contributed by atoms with Gasteiger partial charge in [-0.05, 0) is 29.3 Å². The summed E-state index contributed by atoms with van der Waals surface area (Å²) in [6.07, 6.45) is 0.499. The Morgan fingerprint density at radius 1 is 1.06 bits per heavy atom. The third-order valence-corrected chi connectivity index (χ3v) is 2.48. The monoisotopic (exact) mass is 217 g/mol. The molecule has 0 saturated carbocycles. The van der Waals surface area contributed by atoms with E-state index in [-0.39, 0.29) is 11.6 Å². The average molecular weight is 217 g/mol. The van der Waals surface area contributed by atoms with E-state index in [1.165, 1.54) is 12.1 Å². The number of rotatable bonds is 2. The lowest BCUT2D eigenvalue weighted by molar-refractivity contribution is 0.469. The predicted octanol–water partition coefficient (Wildman–Crippen LogP) is 2.70. The van der Waals surface area contributed by atoms with Gasteiger partial charge in [0.2, 0.25) is 0 Å². The van der Waals surface area contributed by atoms with Gasteiger partial charge in [0, 0.05) is 12.1 Å². The van der Waals surface area contributed by atoms with Gasteiger partial charge in [-0.25, -0.2) is 4.39 Å². The molecule has 2 aromatic rings. The summed E-state index contributed by atoms with van der Waals surface area (Å²) >= 11 is 0. The van der Waals surface area contributed by atoms with E-state index in [4.69, 9.17) is 5.73 Å². The van der Waals surface area contributed by atoms with E-state index in [0.29, 0.717) is 12.1 Å². The van der Waals surface area contributed by atoms with Gasteiger partial charge < -0.3 is 10.8 Å². The van der Waals surface area contributed by atoms with E-state index in [2.05, 4.69) is 0 Å². The van der Waals surface area contributed by atoms with Crippen molar-refractivity contribution in [3.8, 4) is 5.75 Å². The minimum Gasteiger partial charge on any atom is -0.508 e. The first kappa shape index (κ1) is 10.5. The number of aromatic hydroxyl groups is 1. The van der Waals surface area contributed by atoms with E-state index >= 15 is 0 Å². The Hall–Kier alpha value is -2.03. The molecule has 0 atom stereocenters. The molecule has 82 valence electrons. The van der Waals surface area contributed by atoms with Gasteiger partial charge in [-0.1, -0.05) is 24.3 Å². The Morgan fingerprint density at radius 2 is 1.81 bits per heavy atom. The summed E-state index contributed by atoms with van der Waals surface area (Å²) in [5.41, 5.74) is 7.69. The molecular formula is C13H12FNO. The molecule has 0 saturated heterocycles. The van der Waals surface area contributed by atoms with Crippen molar-refractivity contribution in [2.24, 2.45) is 0 Å². The highest BCUT2D eigenvalue weighted by Crippen LogP contribution is 2.23. The second kappa shape index (κ2) is 4.23. The molecule has 0 spiro atoms. The Labute approximate surface area is 93.2 Å². The number of phenolic OH excluding ortho intramolecular Hbond substituents is 1. The first-order chi connectivity index (χ1) is 7.66. The predicted molar refractivity (Wildman–Crippen MR) is 61.7 cm³/mol. The molecule has 0 fully saturated rings. The normalized spacial score (nSPS) is 10.3. The molecular weight excluding hydrogens is 205 g/mol. The van der Waals surface area contributed by atoms with Crippen molar-refractivity contribution in [1.82, 2.24) is 0 Å². The lowest BCUT2D eigenvalue weighted by Crippen LogP contribution is -1.96. The van der Waals surface area contributed by atoms with E-state index in [9.17, 15) is 9.50 Å². The summed E-state index contributed by atoms with van der Waals surface area (Å²) in [7, 11) is 0. The van der Waals surface area contributed by atoms with Crippen LogP contribution in [0.25, 0.3) is 0 Å². The van der Waals surface area contributed by atoms with Crippen molar-refractivity contribution >= 4 is 5.69 Å². The van der Waals surface area contributed by atoms with Crippen molar-refractivity contribution in [2.75, 3.05) is 5.73 Å². The Morgan fingerprint density at radius 3 is 2.50 bits per heavy atom. The van der Waals surface area contributed by atoms with Gasteiger partial charge in [-0.15, -0.1) is 0 Å². The van der Waals surface area contributed by atoms with Crippen molar-refractivity contribution in [2.45, 2.75) is 6.42 Å². The number of anilines is 1. The van der Waals surface area contributed by atoms with Crippen LogP contribution in [0.3, 0.4) is 0 Å². The average Bonchev–Trinajstić information content (AvgIpc) is 2.25. The molecule has 2 nitrogen and oxygen atoms in total. The number of nitrogens with two attached hydrogens (primary N) is 1. The quantitative estimate of drug-likeness (QED) is 0.760. The van der Waals surface area contributed by atoms with Crippen LogP contribution in [0.1, 0.15) is 11.1 Å². The fraction of sp³-hybridized carbons (Fsp3) is 0.0769. The number of benzene rings is 2. The number of nitrogen functional groups attached to an aromatic ring is 1. The molecule has 3 N–H and O–H groups in total. The lowest BCUT2D eigenvalue weighted by atomic mass is 10.0. The van der Waals surface area contributed by atoms with Gasteiger partial charge >= 0.3 is 0 Å². The van der Waals surface area contributed by atoms with Crippen LogP contribution in [0.4, 0.5) is 10.1 Å². The van der Waals surface area contributed by atoms with E-state index in [1.54, 1.807) is 18.2 Å². The Balaban J connectivity index is 2.31. The number of hydrogen-bond acceptors (Lipinski definition) is 2. The summed E-state index contributed by atoms with van der Waals surface area (Å²) in [5, 5.41) is 9.60. The summed E-state index contributed by atoms with van der Waals surface area (Å²) in [6, 6.07) is 11.3. The second-order valence-electron chi connectivity index (χ2n) is 3.65. The van der Waals surface area contributed by atoms with Crippen LogP contribution in [-0.2, 0) is 6.42 Å². The minimum atomic E-state index is -0.349. The van der Waals surface area contributed by atoms with Gasteiger partial charge in [0.1, 0.15) is 11.6 Å². The zero-order valence-corrected chi connectivity index (χ0v) is 8.65. The molecule has 0 unspecified atom stereocenters. The highest BCUT2D eigenvalue weighted by atomic mass is 19.1. The third-order valence-electron chi connectivity index (χ3n) is 2.48. The number of phenols is 1. The van der Waals surface area contributed by atoms with Crippen LogP contribution in [0.15, 0.2) is 42.5 Å². The minimum absolute atomic E-state index is 0.228. The maximum absolute atomic E-state index is 12.8. The first-order valence-electron chi connectivity index (χ1n) is 4.97. The molecule has 2 aromatic carbocycles. The molecule has 0 aliphatic carbocycles. The zero-order valence-electron chi connectivity index (χ0n) is 8.65. The highest BCUT2D eigenvalue weighted by Gasteiger charge is 2.05. The van der Waals surface area contributed by atoms with Gasteiger partial charge in [-0.3, -0.25) is 0 Å². The number of hydrogen-bond donors (Lipinski definition) is 2. The third kappa shape index (κ3) is 2.14. The van der Waals surface area contributed by atoms with Gasteiger partial charge in [0.15, 0.2) is 0 Å². The first-order valence-corrected chi connectivity index (χ1v) is 4.97. The van der Waals surface area contributed by atoms with E-state index in [1.807, 2.05) is 12.1 Å². The van der Waals surface area contributed by atoms with Crippen LogP contribution in [0.2, 0.25) is 0 Å². The lowest BCUT2D eigenvalue weighted by Gasteiger charge is -2.07.